The first-order chi connectivity index (χ1) is 13.1. The summed E-state index contributed by atoms with van der Waals surface area (Å²) in [4.78, 5) is 0. The number of allylic oxidation sites excluding steroid dienone is 2. The van der Waals surface area contributed by atoms with Crippen LogP contribution in [0.4, 0.5) is 0 Å². The van der Waals surface area contributed by atoms with Crippen molar-refractivity contribution in [1.29, 1.82) is 0 Å². The molecule has 0 aliphatic heterocycles. The van der Waals surface area contributed by atoms with Gasteiger partial charge in [-0.2, -0.15) is 8.42 Å². The molecule has 0 heterocycles. The van der Waals surface area contributed by atoms with Crippen LogP contribution in [0.1, 0.15) is 122 Å². The zero-order valence-corrected chi connectivity index (χ0v) is 18.5. The molecule has 0 amide bonds. The van der Waals surface area contributed by atoms with Crippen LogP contribution >= 0.6 is 0 Å². The molecule has 5 heteroatoms. The van der Waals surface area contributed by atoms with E-state index in [1.54, 1.807) is 0 Å². The first kappa shape index (κ1) is 26.6. The minimum atomic E-state index is -4.25. The minimum Gasteiger partial charge on any atom is -0.264 e. The molecule has 0 aromatic heterocycles. The molecule has 0 unspecified atom stereocenters. The van der Waals surface area contributed by atoms with E-state index in [-0.39, 0.29) is 6.61 Å². The normalized spacial score (nSPS) is 12.2. The van der Waals surface area contributed by atoms with Crippen LogP contribution in [0.15, 0.2) is 12.2 Å². The van der Waals surface area contributed by atoms with Gasteiger partial charge in [0.05, 0.1) is 6.61 Å². The van der Waals surface area contributed by atoms with Gasteiger partial charge in [0, 0.05) is 0 Å². The van der Waals surface area contributed by atoms with Crippen molar-refractivity contribution in [3.05, 3.63) is 12.2 Å². The molecule has 0 saturated carbocycles. The van der Waals surface area contributed by atoms with E-state index in [0.29, 0.717) is 6.42 Å². The van der Waals surface area contributed by atoms with Crippen molar-refractivity contribution < 1.29 is 17.2 Å². The van der Waals surface area contributed by atoms with Gasteiger partial charge < -0.3 is 0 Å². The van der Waals surface area contributed by atoms with E-state index in [1.165, 1.54) is 96.3 Å². The summed E-state index contributed by atoms with van der Waals surface area (Å²) in [7, 11) is -4.25. The van der Waals surface area contributed by atoms with Crippen LogP contribution in [-0.4, -0.2) is 19.6 Å². The molecule has 162 valence electrons. The molecule has 0 saturated heterocycles. The summed E-state index contributed by atoms with van der Waals surface area (Å²) >= 11 is 0. The number of unbranched alkanes of at least 4 members (excludes halogenated alkanes) is 16. The summed E-state index contributed by atoms with van der Waals surface area (Å²) in [5.41, 5.74) is 0. The molecule has 0 atom stereocenters. The molecular formula is C22H44O4S. The van der Waals surface area contributed by atoms with Crippen molar-refractivity contribution in [3.8, 4) is 0 Å². The van der Waals surface area contributed by atoms with E-state index in [9.17, 15) is 8.42 Å². The molecular weight excluding hydrogens is 360 g/mol. The minimum absolute atomic E-state index is 0.0895. The number of rotatable bonds is 21. The van der Waals surface area contributed by atoms with Gasteiger partial charge in [0.1, 0.15) is 0 Å². The molecule has 0 aliphatic carbocycles. The fourth-order valence-electron chi connectivity index (χ4n) is 3.22. The maximum absolute atomic E-state index is 10.4. The van der Waals surface area contributed by atoms with E-state index in [0.717, 1.165) is 12.8 Å². The lowest BCUT2D eigenvalue weighted by molar-refractivity contribution is 0.261. The van der Waals surface area contributed by atoms with Gasteiger partial charge in [-0.15, -0.1) is 0 Å². The van der Waals surface area contributed by atoms with E-state index in [1.807, 2.05) is 0 Å². The van der Waals surface area contributed by atoms with Gasteiger partial charge in [0.15, 0.2) is 0 Å². The van der Waals surface area contributed by atoms with Gasteiger partial charge in [-0.3, -0.25) is 4.55 Å². The summed E-state index contributed by atoms with van der Waals surface area (Å²) in [6.45, 7) is 2.36. The summed E-state index contributed by atoms with van der Waals surface area (Å²) in [5.74, 6) is 0. The van der Waals surface area contributed by atoms with E-state index < -0.39 is 10.4 Å². The molecule has 1 N–H and O–H groups in total. The molecule has 0 radical (unpaired) electrons. The van der Waals surface area contributed by atoms with Crippen LogP contribution in [0.5, 0.6) is 0 Å². The summed E-state index contributed by atoms with van der Waals surface area (Å²) in [6.07, 6.45) is 27.4. The van der Waals surface area contributed by atoms with Gasteiger partial charge in [-0.05, 0) is 32.1 Å². The molecule has 0 aliphatic rings. The summed E-state index contributed by atoms with van der Waals surface area (Å²) < 4.78 is 33.4. The lowest BCUT2D eigenvalue weighted by Crippen LogP contribution is -2.04. The molecule has 0 bridgehead atoms. The van der Waals surface area contributed by atoms with Crippen LogP contribution < -0.4 is 0 Å². The lowest BCUT2D eigenvalue weighted by atomic mass is 10.1. The molecule has 0 fully saturated rings. The summed E-state index contributed by atoms with van der Waals surface area (Å²) in [5, 5.41) is 0. The second-order valence-electron chi connectivity index (χ2n) is 7.60. The Hall–Kier alpha value is -0.390. The van der Waals surface area contributed by atoms with Crippen LogP contribution in [-0.2, 0) is 14.6 Å². The molecule has 0 aromatic rings. The highest BCUT2D eigenvalue weighted by Crippen LogP contribution is 2.12. The quantitative estimate of drug-likeness (QED) is 0.123. The van der Waals surface area contributed by atoms with Gasteiger partial charge in [0.25, 0.3) is 0 Å². The van der Waals surface area contributed by atoms with Crippen molar-refractivity contribution in [2.24, 2.45) is 0 Å². The highest BCUT2D eigenvalue weighted by molar-refractivity contribution is 7.80. The Morgan fingerprint density at radius 2 is 1.00 bits per heavy atom. The second kappa shape index (κ2) is 20.3. The standard InChI is InChI=1S/C22H44O4S/c1-2-3-4-5-6-7-8-9-10-11-12-13-14-15-16-17-18-19-20-21-22-26-27(23,24)25/h9-10H,2-8,11-22H2,1H3,(H,23,24,25)/b10-9-. The topological polar surface area (TPSA) is 63.6 Å². The summed E-state index contributed by atoms with van der Waals surface area (Å²) in [6, 6.07) is 0. The molecule has 4 nitrogen and oxygen atoms in total. The molecule has 0 aromatic carbocycles. The highest BCUT2D eigenvalue weighted by Gasteiger charge is 2.02. The van der Waals surface area contributed by atoms with Crippen LogP contribution in [0.2, 0.25) is 0 Å². The van der Waals surface area contributed by atoms with Gasteiger partial charge in [-0.1, -0.05) is 103 Å². The third-order valence-corrected chi connectivity index (χ3v) is 5.35. The smallest absolute Gasteiger partial charge is 0.264 e. The zero-order chi connectivity index (χ0) is 20.1. The third-order valence-electron chi connectivity index (χ3n) is 4.89. The predicted octanol–water partition coefficient (Wildman–Crippen LogP) is 7.40. The van der Waals surface area contributed by atoms with Gasteiger partial charge in [0.2, 0.25) is 0 Å². The maximum atomic E-state index is 10.4. The second-order valence-corrected chi connectivity index (χ2v) is 8.69. The third kappa shape index (κ3) is 25.6. The first-order valence-corrected chi connectivity index (χ1v) is 12.7. The average Bonchev–Trinajstić information content (AvgIpc) is 2.62. The van der Waals surface area contributed by atoms with E-state index >= 15 is 0 Å². The zero-order valence-electron chi connectivity index (χ0n) is 17.7. The molecule has 0 spiro atoms. The van der Waals surface area contributed by atoms with Gasteiger partial charge in [-0.25, -0.2) is 4.18 Å². The first-order valence-electron chi connectivity index (χ1n) is 11.3. The Balaban J connectivity index is 3.11. The van der Waals surface area contributed by atoms with Crippen LogP contribution in [0.3, 0.4) is 0 Å². The Morgan fingerprint density at radius 3 is 1.41 bits per heavy atom. The largest absolute Gasteiger partial charge is 0.397 e. The highest BCUT2D eigenvalue weighted by atomic mass is 32.3. The maximum Gasteiger partial charge on any atom is 0.397 e. The van der Waals surface area contributed by atoms with Gasteiger partial charge >= 0.3 is 10.4 Å². The Morgan fingerprint density at radius 1 is 0.630 bits per heavy atom. The lowest BCUT2D eigenvalue weighted by Gasteiger charge is -2.02. The number of hydrogen-bond acceptors (Lipinski definition) is 3. The molecule has 27 heavy (non-hydrogen) atoms. The van der Waals surface area contributed by atoms with Crippen molar-refractivity contribution in [1.82, 2.24) is 0 Å². The van der Waals surface area contributed by atoms with E-state index in [4.69, 9.17) is 4.55 Å². The van der Waals surface area contributed by atoms with Crippen molar-refractivity contribution in [2.75, 3.05) is 6.61 Å². The fourth-order valence-corrected chi connectivity index (χ4v) is 3.55. The predicted molar refractivity (Wildman–Crippen MR) is 115 cm³/mol. The van der Waals surface area contributed by atoms with E-state index in [2.05, 4.69) is 23.3 Å². The average molecular weight is 405 g/mol. The fraction of sp³-hybridized carbons (Fsp3) is 0.909. The molecule has 0 rings (SSSR count). The monoisotopic (exact) mass is 404 g/mol. The van der Waals surface area contributed by atoms with Crippen molar-refractivity contribution >= 4 is 10.4 Å². The Kier molecular flexibility index (Phi) is 20.1. The SMILES string of the molecule is CCCCCCCC/C=C\CCCCCCCCCCCCOS(=O)(=O)O. The number of hydrogen-bond donors (Lipinski definition) is 1. The Labute approximate surface area is 169 Å². The van der Waals surface area contributed by atoms with Crippen LogP contribution in [0, 0.1) is 0 Å². The van der Waals surface area contributed by atoms with Crippen molar-refractivity contribution in [2.45, 2.75) is 122 Å². The Bertz CT molecular complexity index is 418. The van der Waals surface area contributed by atoms with Crippen molar-refractivity contribution in [3.63, 3.8) is 0 Å². The van der Waals surface area contributed by atoms with Crippen LogP contribution in [0.25, 0.3) is 0 Å².